The van der Waals surface area contributed by atoms with Crippen molar-refractivity contribution < 1.29 is 39.7 Å². The number of hydrogen-bond acceptors (Lipinski definition) is 8. The van der Waals surface area contributed by atoms with E-state index in [9.17, 15) is 30.0 Å². The van der Waals surface area contributed by atoms with Gasteiger partial charge in [-0.3, -0.25) is 0 Å². The Labute approximate surface area is 217 Å². The maximum Gasteiger partial charge on any atom is 0.432 e. The Morgan fingerprint density at radius 3 is 1.26 bits per heavy atom. The van der Waals surface area contributed by atoms with Gasteiger partial charge in [-0.2, -0.15) is 0 Å². The lowest BCUT2D eigenvalue weighted by Gasteiger charge is -2.11. The number of fused-ring (bicyclic) bond motifs is 10. The number of nitrogens with zero attached hydrogens (tertiary/aromatic N) is 2. The molecule has 0 fully saturated rings. The van der Waals surface area contributed by atoms with Gasteiger partial charge in [0.05, 0.1) is 0 Å². The van der Waals surface area contributed by atoms with Gasteiger partial charge in [0, 0.05) is 59.0 Å². The van der Waals surface area contributed by atoms with Crippen LogP contribution < -0.4 is 20.3 Å². The zero-order valence-corrected chi connectivity index (χ0v) is 20.6. The van der Waals surface area contributed by atoms with E-state index in [4.69, 9.17) is 9.68 Å². The van der Waals surface area contributed by atoms with Crippen LogP contribution in [-0.4, -0.2) is 55.2 Å². The van der Waals surface area contributed by atoms with E-state index in [1.54, 1.807) is 0 Å². The van der Waals surface area contributed by atoms with Gasteiger partial charge in [0.25, 0.3) is 0 Å². The van der Waals surface area contributed by atoms with Crippen LogP contribution in [0.3, 0.4) is 0 Å². The molecule has 4 aliphatic carbocycles. The fourth-order valence-corrected chi connectivity index (χ4v) is 6.22. The smallest absolute Gasteiger partial charge is 0.432 e. The molecule has 0 aliphatic heterocycles. The summed E-state index contributed by atoms with van der Waals surface area (Å²) in [6.45, 7) is 0.689. The lowest BCUT2D eigenvalue weighted by molar-refractivity contribution is 0.107. The van der Waals surface area contributed by atoms with Gasteiger partial charge < -0.3 is 40.7 Å². The highest BCUT2D eigenvalue weighted by molar-refractivity contribution is 5.69. The summed E-state index contributed by atoms with van der Waals surface area (Å²) in [6, 6.07) is 0. The molecular formula is C26H30N4O8. The summed E-state index contributed by atoms with van der Waals surface area (Å²) in [4.78, 5) is 34.5. The second kappa shape index (κ2) is 9.26. The van der Waals surface area contributed by atoms with Crippen LogP contribution in [0.1, 0.15) is 84.5 Å². The summed E-state index contributed by atoms with van der Waals surface area (Å²) in [5.41, 5.74) is 2.48. The molecule has 0 aromatic carbocycles. The Morgan fingerprint density at radius 2 is 0.947 bits per heavy atom. The third-order valence-corrected chi connectivity index (χ3v) is 7.95. The Balaban J connectivity index is 0.865. The van der Waals surface area contributed by atoms with Crippen molar-refractivity contribution in [1.82, 2.24) is 20.1 Å². The van der Waals surface area contributed by atoms with Crippen LogP contribution in [0, 0.1) is 0 Å². The SMILES string of the molecule is O=C(NCCCCCCNC(=O)On1c(O)c2c(c1O)C1C=CC2C1)On1c(O)c2c(c1O)C1C=CC2C1. The third kappa shape index (κ3) is 3.82. The summed E-state index contributed by atoms with van der Waals surface area (Å²) in [7, 11) is 0. The van der Waals surface area contributed by atoms with Crippen molar-refractivity contribution >= 4 is 12.2 Å². The lowest BCUT2D eigenvalue weighted by Crippen LogP contribution is -2.33. The number of carbonyl (C=O) groups is 2. The Morgan fingerprint density at radius 1 is 0.632 bits per heavy atom. The van der Waals surface area contributed by atoms with Crippen molar-refractivity contribution in [2.75, 3.05) is 13.1 Å². The molecule has 2 amide bonds. The summed E-state index contributed by atoms with van der Waals surface area (Å²) in [6.07, 6.45) is 10.9. The van der Waals surface area contributed by atoms with Crippen LogP contribution in [0.2, 0.25) is 0 Å². The van der Waals surface area contributed by atoms with Gasteiger partial charge >= 0.3 is 12.2 Å². The van der Waals surface area contributed by atoms with Gasteiger partial charge in [-0.05, 0) is 25.7 Å². The second-order valence-electron chi connectivity index (χ2n) is 10.2. The number of carbonyl (C=O) groups excluding carboxylic acids is 2. The molecule has 6 rings (SSSR count). The Bertz CT molecular complexity index is 1180. The fourth-order valence-electron chi connectivity index (χ4n) is 6.22. The third-order valence-electron chi connectivity index (χ3n) is 7.95. The number of unbranched alkanes of at least 4 members (excludes halogenated alkanes) is 3. The predicted molar refractivity (Wildman–Crippen MR) is 132 cm³/mol. The van der Waals surface area contributed by atoms with E-state index in [-0.39, 0.29) is 47.2 Å². The van der Waals surface area contributed by atoms with Crippen LogP contribution in [0.5, 0.6) is 23.5 Å². The standard InChI is InChI=1S/C26H30N4O8/c31-21-17-13-5-6-14(11-13)18(17)22(32)29(21)37-25(35)27-9-3-1-2-4-10-28-26(36)38-30-23(33)19-15-7-8-16(12-15)20(19)24(30)34/h5-8,13-16,31-34H,1-4,9-12H2,(H,27,35)(H,28,36). The molecule has 202 valence electrons. The van der Waals surface area contributed by atoms with E-state index >= 15 is 0 Å². The van der Waals surface area contributed by atoms with Gasteiger partial charge in [-0.15, -0.1) is 9.46 Å². The number of aromatic hydroxyl groups is 4. The number of amides is 2. The first-order valence-electron chi connectivity index (χ1n) is 13.0. The van der Waals surface area contributed by atoms with Crippen molar-refractivity contribution in [3.8, 4) is 23.5 Å². The second-order valence-corrected chi connectivity index (χ2v) is 10.2. The molecule has 38 heavy (non-hydrogen) atoms. The van der Waals surface area contributed by atoms with Crippen LogP contribution >= 0.6 is 0 Å². The zero-order chi connectivity index (χ0) is 26.6. The topological polar surface area (TPSA) is 167 Å². The predicted octanol–water partition coefficient (Wildman–Crippen LogP) is 2.93. The molecule has 2 heterocycles. The number of rotatable bonds is 9. The zero-order valence-electron chi connectivity index (χ0n) is 20.6. The van der Waals surface area contributed by atoms with Gasteiger partial charge in [-0.1, -0.05) is 37.1 Å². The highest BCUT2D eigenvalue weighted by Crippen LogP contribution is 2.57. The maximum atomic E-state index is 12.1. The summed E-state index contributed by atoms with van der Waals surface area (Å²) in [5.74, 6) is -0.842. The molecule has 4 aliphatic rings. The molecule has 12 nitrogen and oxygen atoms in total. The Kier molecular flexibility index (Phi) is 5.88. The van der Waals surface area contributed by atoms with Crippen molar-refractivity contribution in [2.45, 2.75) is 62.2 Å². The minimum Gasteiger partial charge on any atom is -0.492 e. The van der Waals surface area contributed by atoms with E-state index in [1.807, 2.05) is 24.3 Å². The average molecular weight is 527 g/mol. The molecule has 0 saturated heterocycles. The molecule has 2 aromatic rings. The molecule has 6 N–H and O–H groups in total. The quantitative estimate of drug-likeness (QED) is 0.214. The molecule has 4 bridgehead atoms. The van der Waals surface area contributed by atoms with Crippen molar-refractivity contribution in [1.29, 1.82) is 0 Å². The molecule has 0 spiro atoms. The number of nitrogens with one attached hydrogen (secondary N) is 2. The molecular weight excluding hydrogens is 496 g/mol. The highest BCUT2D eigenvalue weighted by atomic mass is 16.7. The van der Waals surface area contributed by atoms with Crippen molar-refractivity contribution in [3.05, 3.63) is 46.6 Å². The maximum absolute atomic E-state index is 12.1. The highest BCUT2D eigenvalue weighted by Gasteiger charge is 2.43. The minimum absolute atomic E-state index is 0.0340. The molecule has 4 unspecified atom stereocenters. The van der Waals surface area contributed by atoms with Crippen molar-refractivity contribution in [2.24, 2.45) is 0 Å². The largest absolute Gasteiger partial charge is 0.492 e. The Hall–Kier alpha value is -4.22. The van der Waals surface area contributed by atoms with E-state index in [0.717, 1.165) is 35.1 Å². The van der Waals surface area contributed by atoms with Gasteiger partial charge in [0.1, 0.15) is 0 Å². The number of aromatic nitrogens is 2. The first kappa shape index (κ1) is 24.1. The summed E-state index contributed by atoms with van der Waals surface area (Å²) in [5, 5.41) is 46.8. The van der Waals surface area contributed by atoms with E-state index in [0.29, 0.717) is 48.2 Å². The van der Waals surface area contributed by atoms with Crippen LogP contribution in [0.25, 0.3) is 0 Å². The van der Waals surface area contributed by atoms with Gasteiger partial charge in [0.2, 0.25) is 23.5 Å². The molecule has 12 heteroatoms. The van der Waals surface area contributed by atoms with Crippen LogP contribution in [0.15, 0.2) is 24.3 Å². The molecule has 0 saturated carbocycles. The molecule has 2 aromatic heterocycles. The average Bonchev–Trinajstić information content (AvgIpc) is 3.74. The minimum atomic E-state index is -0.778. The first-order valence-corrected chi connectivity index (χ1v) is 13.0. The van der Waals surface area contributed by atoms with E-state index < -0.39 is 12.2 Å². The summed E-state index contributed by atoms with van der Waals surface area (Å²) >= 11 is 0. The number of allylic oxidation sites excluding steroid dienone is 4. The molecule has 4 atom stereocenters. The lowest BCUT2D eigenvalue weighted by atomic mass is 10.0. The molecule has 0 radical (unpaired) electrons. The normalized spacial score (nSPS) is 23.1. The monoisotopic (exact) mass is 526 g/mol. The van der Waals surface area contributed by atoms with Crippen molar-refractivity contribution in [3.63, 3.8) is 0 Å². The van der Waals surface area contributed by atoms with Gasteiger partial charge in [0.15, 0.2) is 0 Å². The fraction of sp³-hybridized carbons (Fsp3) is 0.462. The first-order chi connectivity index (χ1) is 18.3. The number of hydrogen-bond donors (Lipinski definition) is 6. The van der Waals surface area contributed by atoms with E-state index in [1.165, 1.54) is 0 Å². The van der Waals surface area contributed by atoms with Gasteiger partial charge in [-0.25, -0.2) is 9.59 Å². The van der Waals surface area contributed by atoms with Crippen LogP contribution in [-0.2, 0) is 0 Å². The summed E-state index contributed by atoms with van der Waals surface area (Å²) < 4.78 is 1.55. The van der Waals surface area contributed by atoms with E-state index in [2.05, 4.69) is 10.6 Å². The van der Waals surface area contributed by atoms with Crippen LogP contribution in [0.4, 0.5) is 9.59 Å².